The second kappa shape index (κ2) is 10.3. The molecule has 0 aliphatic carbocycles. The molecule has 10 nitrogen and oxygen atoms in total. The van der Waals surface area contributed by atoms with Crippen LogP contribution >= 0.6 is 0 Å². The maximum Gasteiger partial charge on any atom is 0.410 e. The number of piperidine rings is 1. The van der Waals surface area contributed by atoms with Crippen LogP contribution in [0.15, 0.2) is 55.0 Å². The number of imidazole rings is 1. The lowest BCUT2D eigenvalue weighted by molar-refractivity contribution is 0.0323. The number of hydrogen-bond acceptors (Lipinski definition) is 7. The zero-order valence-electron chi connectivity index (χ0n) is 19.0. The van der Waals surface area contributed by atoms with Crippen molar-refractivity contribution in [2.45, 2.75) is 32.1 Å². The van der Waals surface area contributed by atoms with E-state index in [1.807, 2.05) is 43.5 Å². The standard InChI is InChI=1S/C24H27N5O5/c1-16-12-29(15-25-16)20-9-8-18(27-23(20)33-2)22(31)26-19-13-28(11-10-21(19)30)24(32)34-14-17-6-4-3-5-7-17/h3-9,12,15,19,21,30H,10-11,13-14H2,1-2H3,(H,26,31)/t19-,21-/m1/s1. The number of methoxy groups -OCH3 is 1. The molecule has 2 amide bonds. The molecule has 0 bridgehead atoms. The Labute approximate surface area is 197 Å². The summed E-state index contributed by atoms with van der Waals surface area (Å²) in [6.07, 6.45) is 2.50. The molecule has 34 heavy (non-hydrogen) atoms. The highest BCUT2D eigenvalue weighted by molar-refractivity contribution is 5.93. The van der Waals surface area contributed by atoms with Gasteiger partial charge in [0, 0.05) is 19.3 Å². The van der Waals surface area contributed by atoms with Crippen LogP contribution in [0.5, 0.6) is 5.88 Å². The Morgan fingerprint density at radius 3 is 2.71 bits per heavy atom. The third kappa shape index (κ3) is 5.34. The molecular formula is C24H27N5O5. The Morgan fingerprint density at radius 2 is 2.00 bits per heavy atom. The molecule has 1 aliphatic heterocycles. The van der Waals surface area contributed by atoms with Gasteiger partial charge in [-0.2, -0.15) is 0 Å². The fourth-order valence-corrected chi connectivity index (χ4v) is 3.76. The van der Waals surface area contributed by atoms with Crippen molar-refractivity contribution >= 4 is 12.0 Å². The molecule has 1 aromatic carbocycles. The molecular weight excluding hydrogens is 438 g/mol. The summed E-state index contributed by atoms with van der Waals surface area (Å²) in [6.45, 7) is 2.49. The van der Waals surface area contributed by atoms with Gasteiger partial charge >= 0.3 is 6.09 Å². The molecule has 10 heteroatoms. The zero-order chi connectivity index (χ0) is 24.1. The van der Waals surface area contributed by atoms with Gasteiger partial charge in [0.2, 0.25) is 5.88 Å². The summed E-state index contributed by atoms with van der Waals surface area (Å²) in [7, 11) is 1.47. The van der Waals surface area contributed by atoms with Crippen molar-refractivity contribution in [1.29, 1.82) is 0 Å². The van der Waals surface area contributed by atoms with Crippen LogP contribution in [-0.4, -0.2) is 68.9 Å². The number of hydrogen-bond donors (Lipinski definition) is 2. The maximum absolute atomic E-state index is 12.9. The summed E-state index contributed by atoms with van der Waals surface area (Å²) in [5.41, 5.74) is 2.49. The first-order valence-corrected chi connectivity index (χ1v) is 10.9. The van der Waals surface area contributed by atoms with Crippen molar-refractivity contribution in [3.05, 3.63) is 71.9 Å². The van der Waals surface area contributed by atoms with E-state index < -0.39 is 24.1 Å². The lowest BCUT2D eigenvalue weighted by Crippen LogP contribution is -2.56. The zero-order valence-corrected chi connectivity index (χ0v) is 19.0. The van der Waals surface area contributed by atoms with Crippen molar-refractivity contribution in [1.82, 2.24) is 24.8 Å². The quantitative estimate of drug-likeness (QED) is 0.572. The molecule has 3 heterocycles. The second-order valence-electron chi connectivity index (χ2n) is 8.07. The summed E-state index contributed by atoms with van der Waals surface area (Å²) in [5.74, 6) is -0.212. The summed E-state index contributed by atoms with van der Waals surface area (Å²) in [5, 5.41) is 13.2. The first kappa shape index (κ1) is 23.2. The highest BCUT2D eigenvalue weighted by atomic mass is 16.6. The minimum atomic E-state index is -0.794. The van der Waals surface area contributed by atoms with E-state index in [-0.39, 0.29) is 24.7 Å². The number of amides is 2. The van der Waals surface area contributed by atoms with Gasteiger partial charge in [0.15, 0.2) is 0 Å². The predicted octanol–water partition coefficient (Wildman–Crippen LogP) is 2.09. The first-order valence-electron chi connectivity index (χ1n) is 10.9. The van der Waals surface area contributed by atoms with E-state index >= 15 is 0 Å². The van der Waals surface area contributed by atoms with E-state index in [1.54, 1.807) is 23.0 Å². The largest absolute Gasteiger partial charge is 0.479 e. The third-order valence-electron chi connectivity index (χ3n) is 5.61. The number of aliphatic hydroxyl groups excluding tert-OH is 1. The topological polar surface area (TPSA) is 119 Å². The van der Waals surface area contributed by atoms with E-state index in [2.05, 4.69) is 15.3 Å². The molecule has 0 radical (unpaired) electrons. The highest BCUT2D eigenvalue weighted by Crippen LogP contribution is 2.21. The molecule has 3 aromatic rings. The number of likely N-dealkylation sites (tertiary alicyclic amines) is 1. The van der Waals surface area contributed by atoms with Gasteiger partial charge in [-0.1, -0.05) is 30.3 Å². The fourth-order valence-electron chi connectivity index (χ4n) is 3.76. The number of aromatic nitrogens is 3. The summed E-state index contributed by atoms with van der Waals surface area (Å²) >= 11 is 0. The van der Waals surface area contributed by atoms with Crippen molar-refractivity contribution in [3.8, 4) is 11.6 Å². The molecule has 2 atom stereocenters. The first-order chi connectivity index (χ1) is 16.4. The average Bonchev–Trinajstić information content (AvgIpc) is 3.30. The summed E-state index contributed by atoms with van der Waals surface area (Å²) in [6, 6.07) is 12.0. The van der Waals surface area contributed by atoms with Crippen LogP contribution in [0.1, 0.15) is 28.2 Å². The maximum atomic E-state index is 12.9. The van der Waals surface area contributed by atoms with E-state index in [4.69, 9.17) is 9.47 Å². The van der Waals surface area contributed by atoms with Crippen LogP contribution in [0.25, 0.3) is 5.69 Å². The number of aryl methyl sites for hydroxylation is 1. The Hall–Kier alpha value is -3.92. The van der Waals surface area contributed by atoms with Crippen LogP contribution in [0.4, 0.5) is 4.79 Å². The molecule has 0 unspecified atom stereocenters. The van der Waals surface area contributed by atoms with Gasteiger partial charge in [0.05, 0.1) is 31.3 Å². The number of benzene rings is 1. The van der Waals surface area contributed by atoms with E-state index in [1.165, 1.54) is 12.0 Å². The average molecular weight is 466 g/mol. The van der Waals surface area contributed by atoms with Crippen molar-refractivity contribution in [2.24, 2.45) is 0 Å². The second-order valence-corrected chi connectivity index (χ2v) is 8.07. The molecule has 0 spiro atoms. The smallest absolute Gasteiger partial charge is 0.410 e. The van der Waals surface area contributed by atoms with Gasteiger partial charge in [-0.15, -0.1) is 0 Å². The minimum absolute atomic E-state index is 0.129. The van der Waals surface area contributed by atoms with Gasteiger partial charge in [0.1, 0.15) is 18.0 Å². The minimum Gasteiger partial charge on any atom is -0.479 e. The molecule has 2 aromatic heterocycles. The van der Waals surface area contributed by atoms with Crippen molar-refractivity contribution in [2.75, 3.05) is 20.2 Å². The number of nitrogens with zero attached hydrogens (tertiary/aromatic N) is 4. The summed E-state index contributed by atoms with van der Waals surface area (Å²) < 4.78 is 12.5. The Morgan fingerprint density at radius 1 is 1.21 bits per heavy atom. The van der Waals surface area contributed by atoms with Gasteiger partial charge < -0.3 is 29.4 Å². The number of carbonyl (C=O) groups excluding carboxylic acids is 2. The molecule has 178 valence electrons. The molecule has 2 N–H and O–H groups in total. The molecule has 1 aliphatic rings. The number of nitrogens with one attached hydrogen (secondary N) is 1. The van der Waals surface area contributed by atoms with Crippen molar-refractivity contribution in [3.63, 3.8) is 0 Å². The van der Waals surface area contributed by atoms with Gasteiger partial charge in [0.25, 0.3) is 5.91 Å². The number of rotatable bonds is 6. The third-order valence-corrected chi connectivity index (χ3v) is 5.61. The normalized spacial score (nSPS) is 17.8. The molecule has 1 saturated heterocycles. The van der Waals surface area contributed by atoms with Gasteiger partial charge in [-0.25, -0.2) is 14.8 Å². The van der Waals surface area contributed by atoms with Gasteiger partial charge in [-0.05, 0) is 31.0 Å². The molecule has 4 rings (SSSR count). The Kier molecular flexibility index (Phi) is 7.07. The number of aliphatic hydroxyl groups is 1. The van der Waals surface area contributed by atoms with Crippen LogP contribution in [0.3, 0.4) is 0 Å². The molecule has 1 fully saturated rings. The van der Waals surface area contributed by atoms with Crippen LogP contribution < -0.4 is 10.1 Å². The van der Waals surface area contributed by atoms with Crippen LogP contribution in [-0.2, 0) is 11.3 Å². The SMILES string of the molecule is COc1nc(C(=O)N[C@@H]2CN(C(=O)OCc3ccccc3)CC[C@H]2O)ccc1-n1cnc(C)c1. The lowest BCUT2D eigenvalue weighted by Gasteiger charge is -2.35. The highest BCUT2D eigenvalue weighted by Gasteiger charge is 2.32. The molecule has 0 saturated carbocycles. The fraction of sp³-hybridized carbons (Fsp3) is 0.333. The Bertz CT molecular complexity index is 1150. The van der Waals surface area contributed by atoms with E-state index in [0.717, 1.165) is 11.3 Å². The summed E-state index contributed by atoms with van der Waals surface area (Å²) in [4.78, 5) is 35.4. The number of carbonyl (C=O) groups is 2. The monoisotopic (exact) mass is 465 g/mol. The van der Waals surface area contributed by atoms with Gasteiger partial charge in [-0.3, -0.25) is 4.79 Å². The number of ether oxygens (including phenoxy) is 2. The van der Waals surface area contributed by atoms with Crippen LogP contribution in [0.2, 0.25) is 0 Å². The van der Waals surface area contributed by atoms with Crippen molar-refractivity contribution < 1.29 is 24.2 Å². The van der Waals surface area contributed by atoms with E-state index in [9.17, 15) is 14.7 Å². The Balaban J connectivity index is 1.39. The van der Waals surface area contributed by atoms with E-state index in [0.29, 0.717) is 18.7 Å². The van der Waals surface area contributed by atoms with Crippen LogP contribution in [0, 0.1) is 6.92 Å². The lowest BCUT2D eigenvalue weighted by atomic mass is 10.0. The number of pyridine rings is 1. The predicted molar refractivity (Wildman–Crippen MR) is 123 cm³/mol.